The molecule has 0 aliphatic carbocycles. The van der Waals surface area contributed by atoms with Gasteiger partial charge in [0.05, 0.1) is 16.9 Å². The number of aromatic hydroxyl groups is 1. The van der Waals surface area contributed by atoms with Gasteiger partial charge in [0.2, 0.25) is 0 Å². The number of nitrogens with one attached hydrogen (secondary N) is 3. The third-order valence-corrected chi connectivity index (χ3v) is 7.11. The Labute approximate surface area is 234 Å². The Hall–Kier alpha value is -5.34. The Bertz CT molecular complexity index is 1990. The van der Waals surface area contributed by atoms with Crippen LogP contribution in [-0.2, 0) is 13.1 Å². The minimum atomic E-state index is -0.492. The van der Waals surface area contributed by atoms with Crippen molar-refractivity contribution in [2.45, 2.75) is 13.1 Å². The van der Waals surface area contributed by atoms with Gasteiger partial charge in [-0.3, -0.25) is 10.1 Å². The fraction of sp³-hybridized carbons (Fsp3) is 0.0606. The quantitative estimate of drug-likeness (QED) is 0.175. The molecule has 0 spiro atoms. The van der Waals surface area contributed by atoms with Gasteiger partial charge in [0, 0.05) is 48.0 Å². The number of nitrogens with zero attached hydrogens (tertiary/aromatic N) is 3. The summed E-state index contributed by atoms with van der Waals surface area (Å²) in [5.41, 5.74) is 9.28. The summed E-state index contributed by atoms with van der Waals surface area (Å²) in [5.74, 6) is -0.610. The SMILES string of the molecule is Oc1cc(F)cc(-c2cccc3[nH]c(-c4n[nH]c5ccc(-c6cncc(CNCc7ccccc7)c6)nc45)cc23)c1. The smallest absolute Gasteiger partial charge is 0.135 e. The summed E-state index contributed by atoms with van der Waals surface area (Å²) < 4.78 is 14.1. The Morgan fingerprint density at radius 2 is 1.66 bits per heavy atom. The van der Waals surface area contributed by atoms with Gasteiger partial charge in [0.25, 0.3) is 0 Å². The van der Waals surface area contributed by atoms with Crippen molar-refractivity contribution in [1.29, 1.82) is 0 Å². The van der Waals surface area contributed by atoms with E-state index in [1.165, 1.54) is 11.6 Å². The number of rotatable bonds is 7. The van der Waals surface area contributed by atoms with Crippen molar-refractivity contribution in [3.05, 3.63) is 120 Å². The number of aromatic amines is 2. The van der Waals surface area contributed by atoms with Crippen molar-refractivity contribution in [2.75, 3.05) is 0 Å². The van der Waals surface area contributed by atoms with Crippen LogP contribution in [0.2, 0.25) is 0 Å². The van der Waals surface area contributed by atoms with E-state index in [4.69, 9.17) is 4.98 Å². The predicted octanol–water partition coefficient (Wildman–Crippen LogP) is 6.97. The van der Waals surface area contributed by atoms with Gasteiger partial charge in [-0.2, -0.15) is 5.10 Å². The average Bonchev–Trinajstić information content (AvgIpc) is 3.61. The molecule has 4 aromatic heterocycles. The van der Waals surface area contributed by atoms with E-state index in [2.05, 4.69) is 43.7 Å². The van der Waals surface area contributed by atoms with Crippen molar-refractivity contribution in [2.24, 2.45) is 0 Å². The molecular weight excluding hydrogens is 515 g/mol. The highest BCUT2D eigenvalue weighted by Gasteiger charge is 2.16. The lowest BCUT2D eigenvalue weighted by Gasteiger charge is -2.07. The van der Waals surface area contributed by atoms with Gasteiger partial charge >= 0.3 is 0 Å². The normalized spacial score (nSPS) is 11.4. The second-order valence-electron chi connectivity index (χ2n) is 9.98. The first-order chi connectivity index (χ1) is 20.1. The zero-order chi connectivity index (χ0) is 27.8. The summed E-state index contributed by atoms with van der Waals surface area (Å²) in [6.07, 6.45) is 3.68. The minimum absolute atomic E-state index is 0.117. The van der Waals surface area contributed by atoms with E-state index < -0.39 is 5.82 Å². The van der Waals surface area contributed by atoms with Crippen LogP contribution in [-0.4, -0.2) is 30.3 Å². The number of phenols is 1. The van der Waals surface area contributed by atoms with Crippen molar-refractivity contribution in [1.82, 2.24) is 30.5 Å². The largest absolute Gasteiger partial charge is 0.508 e. The summed E-state index contributed by atoms with van der Waals surface area (Å²) in [6, 6.07) is 28.1. The third kappa shape index (κ3) is 4.92. The van der Waals surface area contributed by atoms with Crippen LogP contribution in [0.4, 0.5) is 4.39 Å². The van der Waals surface area contributed by atoms with Crippen LogP contribution in [0.1, 0.15) is 11.1 Å². The molecule has 0 aliphatic heterocycles. The lowest BCUT2D eigenvalue weighted by Crippen LogP contribution is -2.12. The van der Waals surface area contributed by atoms with E-state index in [0.717, 1.165) is 62.6 Å². The van der Waals surface area contributed by atoms with Crippen LogP contribution in [0.25, 0.3) is 55.7 Å². The number of phenolic OH excluding ortho intramolecular Hbond substituents is 1. The highest BCUT2D eigenvalue weighted by Crippen LogP contribution is 2.35. The van der Waals surface area contributed by atoms with Gasteiger partial charge in [-0.05, 0) is 64.7 Å². The Morgan fingerprint density at radius 3 is 2.54 bits per heavy atom. The van der Waals surface area contributed by atoms with E-state index >= 15 is 0 Å². The van der Waals surface area contributed by atoms with Crippen molar-refractivity contribution in [3.8, 4) is 39.5 Å². The maximum Gasteiger partial charge on any atom is 0.135 e. The summed E-state index contributed by atoms with van der Waals surface area (Å²) in [4.78, 5) is 12.9. The molecule has 7 aromatic rings. The van der Waals surface area contributed by atoms with Crippen LogP contribution < -0.4 is 5.32 Å². The Kier molecular flexibility index (Phi) is 6.22. The van der Waals surface area contributed by atoms with E-state index in [1.54, 1.807) is 6.07 Å². The highest BCUT2D eigenvalue weighted by molar-refractivity contribution is 6.00. The van der Waals surface area contributed by atoms with Crippen LogP contribution >= 0.6 is 0 Å². The molecule has 4 heterocycles. The molecule has 0 atom stereocenters. The zero-order valence-electron chi connectivity index (χ0n) is 21.9. The zero-order valence-corrected chi connectivity index (χ0v) is 21.9. The van der Waals surface area contributed by atoms with Crippen LogP contribution in [0.5, 0.6) is 5.75 Å². The molecule has 0 fully saturated rings. The van der Waals surface area contributed by atoms with Crippen molar-refractivity contribution < 1.29 is 9.50 Å². The standard InChI is InChI=1S/C33H25FN6O/c34-24-12-22(13-25(41)14-24)26-7-4-8-29-27(26)15-31(37-29)33-32-30(39-40-33)10-9-28(38-32)23-11-21(18-36-19-23)17-35-16-20-5-2-1-3-6-20/h1-15,18-19,35,37,41H,16-17H2,(H,39,40). The molecule has 7 nitrogen and oxygen atoms in total. The average molecular weight is 541 g/mol. The molecule has 4 N–H and O–H groups in total. The topological polar surface area (TPSA) is 103 Å². The lowest BCUT2D eigenvalue weighted by atomic mass is 10.0. The summed E-state index contributed by atoms with van der Waals surface area (Å²) >= 11 is 0. The summed E-state index contributed by atoms with van der Waals surface area (Å²) in [6.45, 7) is 1.47. The second-order valence-corrected chi connectivity index (χ2v) is 9.98. The number of H-pyrrole nitrogens is 2. The molecule has 8 heteroatoms. The van der Waals surface area contributed by atoms with Crippen LogP contribution in [0.15, 0.2) is 103 Å². The summed E-state index contributed by atoms with van der Waals surface area (Å²) in [5, 5.41) is 22.0. The number of hydrogen-bond donors (Lipinski definition) is 4. The molecule has 41 heavy (non-hydrogen) atoms. The predicted molar refractivity (Wildman–Crippen MR) is 158 cm³/mol. The molecule has 0 aliphatic rings. The molecule has 0 radical (unpaired) electrons. The van der Waals surface area contributed by atoms with Gasteiger partial charge in [0.1, 0.15) is 22.8 Å². The first-order valence-corrected chi connectivity index (χ1v) is 13.3. The summed E-state index contributed by atoms with van der Waals surface area (Å²) in [7, 11) is 0. The highest BCUT2D eigenvalue weighted by atomic mass is 19.1. The number of hydrogen-bond acceptors (Lipinski definition) is 5. The fourth-order valence-corrected chi connectivity index (χ4v) is 5.18. The number of benzene rings is 3. The first kappa shape index (κ1) is 24.7. The number of halogens is 1. The molecule has 3 aromatic carbocycles. The Morgan fingerprint density at radius 1 is 0.780 bits per heavy atom. The van der Waals surface area contributed by atoms with Gasteiger partial charge in [-0.25, -0.2) is 9.37 Å². The van der Waals surface area contributed by atoms with Gasteiger partial charge in [-0.15, -0.1) is 0 Å². The number of pyridine rings is 2. The maximum atomic E-state index is 14.1. The molecule has 0 saturated carbocycles. The number of aromatic nitrogens is 5. The van der Waals surface area contributed by atoms with E-state index in [9.17, 15) is 9.50 Å². The fourth-order valence-electron chi connectivity index (χ4n) is 5.18. The second kappa shape index (κ2) is 10.3. The van der Waals surface area contributed by atoms with Gasteiger partial charge < -0.3 is 15.4 Å². The maximum absolute atomic E-state index is 14.1. The van der Waals surface area contributed by atoms with Gasteiger partial charge in [0.15, 0.2) is 0 Å². The van der Waals surface area contributed by atoms with Crippen LogP contribution in [0.3, 0.4) is 0 Å². The van der Waals surface area contributed by atoms with Crippen molar-refractivity contribution in [3.63, 3.8) is 0 Å². The third-order valence-electron chi connectivity index (χ3n) is 7.11. The molecule has 0 unspecified atom stereocenters. The molecule has 0 saturated heterocycles. The minimum Gasteiger partial charge on any atom is -0.508 e. The molecular formula is C33H25FN6O. The lowest BCUT2D eigenvalue weighted by molar-refractivity contribution is 0.469. The molecule has 7 rings (SSSR count). The number of fused-ring (bicyclic) bond motifs is 2. The van der Waals surface area contributed by atoms with E-state index in [0.29, 0.717) is 17.8 Å². The van der Waals surface area contributed by atoms with E-state index in [-0.39, 0.29) is 5.75 Å². The molecule has 0 amide bonds. The molecule has 0 bridgehead atoms. The van der Waals surface area contributed by atoms with Crippen molar-refractivity contribution >= 4 is 21.9 Å². The first-order valence-electron chi connectivity index (χ1n) is 13.3. The molecule has 200 valence electrons. The Balaban J connectivity index is 1.21. The van der Waals surface area contributed by atoms with Crippen LogP contribution in [0, 0.1) is 5.82 Å². The monoisotopic (exact) mass is 540 g/mol. The van der Waals surface area contributed by atoms with Gasteiger partial charge in [-0.1, -0.05) is 42.5 Å². The van der Waals surface area contributed by atoms with E-state index in [1.807, 2.05) is 67.0 Å².